The number of benzene rings is 1. The molecule has 0 bridgehead atoms. The van der Waals surface area contributed by atoms with Crippen LogP contribution in [-0.4, -0.2) is 52.9 Å². The van der Waals surface area contributed by atoms with E-state index in [9.17, 15) is 19.2 Å². The maximum absolute atomic E-state index is 14.0. The van der Waals surface area contributed by atoms with E-state index in [1.54, 1.807) is 25.7 Å². The van der Waals surface area contributed by atoms with E-state index in [0.29, 0.717) is 6.54 Å². The van der Waals surface area contributed by atoms with Crippen LogP contribution in [0.1, 0.15) is 89.0 Å². The molecule has 200 valence electrons. The fourth-order valence-electron chi connectivity index (χ4n) is 4.00. The van der Waals surface area contributed by atoms with Crippen LogP contribution in [0, 0.1) is 13.8 Å². The Balaban J connectivity index is 2.46. The van der Waals surface area contributed by atoms with Crippen molar-refractivity contribution < 1.29 is 23.9 Å². The monoisotopic (exact) mass is 502 g/mol. The Morgan fingerprint density at radius 2 is 1.83 bits per heavy atom. The van der Waals surface area contributed by atoms with Crippen LogP contribution in [0.5, 0.6) is 0 Å². The van der Waals surface area contributed by atoms with Crippen molar-refractivity contribution in [3.8, 4) is 0 Å². The minimum absolute atomic E-state index is 0.00754. The average Bonchev–Trinajstić information content (AvgIpc) is 3.60. The van der Waals surface area contributed by atoms with E-state index >= 15 is 0 Å². The molecule has 0 saturated heterocycles. The van der Waals surface area contributed by atoms with Gasteiger partial charge in [-0.1, -0.05) is 37.1 Å². The van der Waals surface area contributed by atoms with Gasteiger partial charge in [-0.2, -0.15) is 0 Å². The largest absolute Gasteiger partial charge is 0.444 e. The van der Waals surface area contributed by atoms with E-state index in [0.717, 1.165) is 42.4 Å². The van der Waals surface area contributed by atoms with Crippen LogP contribution in [-0.2, 0) is 19.1 Å². The zero-order chi connectivity index (χ0) is 27.0. The van der Waals surface area contributed by atoms with Crippen LogP contribution in [0.25, 0.3) is 0 Å². The first-order valence-electron chi connectivity index (χ1n) is 12.8. The van der Waals surface area contributed by atoms with Crippen LogP contribution in [0.15, 0.2) is 18.2 Å². The number of rotatable bonds is 12. The molecule has 2 atom stereocenters. The van der Waals surface area contributed by atoms with Crippen LogP contribution in [0.4, 0.5) is 4.79 Å². The first-order chi connectivity index (χ1) is 16.8. The van der Waals surface area contributed by atoms with Gasteiger partial charge in [0.1, 0.15) is 17.7 Å². The number of alkyl carbamates (subject to hydrolysis) is 1. The number of ether oxygens (including phenoxy) is 1. The number of nitrogens with two attached hydrogens (primary N) is 1. The Labute approximate surface area is 214 Å². The highest BCUT2D eigenvalue weighted by Crippen LogP contribution is 2.37. The van der Waals surface area contributed by atoms with Gasteiger partial charge in [-0.05, 0) is 71.4 Å². The lowest BCUT2D eigenvalue weighted by atomic mass is 9.95. The smallest absolute Gasteiger partial charge is 0.408 e. The SMILES string of the molecule is CCCCNC(=O)C(c1cc(C)ccc1C)N(C(=O)C(CCC(N)=O)NC(=O)OC(C)(C)C)C1CC1. The Kier molecular flexibility index (Phi) is 10.3. The number of carbonyl (C=O) groups is 4. The van der Waals surface area contributed by atoms with Crippen molar-refractivity contribution in [1.29, 1.82) is 0 Å². The van der Waals surface area contributed by atoms with Gasteiger partial charge in [0, 0.05) is 19.0 Å². The number of unbranched alkanes of at least 4 members (excludes halogenated alkanes) is 1. The highest BCUT2D eigenvalue weighted by molar-refractivity contribution is 5.93. The summed E-state index contributed by atoms with van der Waals surface area (Å²) in [5, 5.41) is 5.61. The van der Waals surface area contributed by atoms with E-state index < -0.39 is 35.6 Å². The zero-order valence-corrected chi connectivity index (χ0v) is 22.5. The predicted octanol–water partition coefficient (Wildman–Crippen LogP) is 3.41. The second-order valence-corrected chi connectivity index (χ2v) is 10.6. The fourth-order valence-corrected chi connectivity index (χ4v) is 4.00. The van der Waals surface area contributed by atoms with Crippen LogP contribution in [0.3, 0.4) is 0 Å². The molecule has 4 N–H and O–H groups in total. The molecule has 0 aromatic heterocycles. The molecule has 1 saturated carbocycles. The van der Waals surface area contributed by atoms with Gasteiger partial charge in [0.05, 0.1) is 0 Å². The molecule has 2 unspecified atom stereocenters. The van der Waals surface area contributed by atoms with Crippen LogP contribution in [0.2, 0.25) is 0 Å². The Morgan fingerprint density at radius 1 is 1.17 bits per heavy atom. The third-order valence-corrected chi connectivity index (χ3v) is 5.95. The number of hydrogen-bond donors (Lipinski definition) is 3. The number of nitrogens with one attached hydrogen (secondary N) is 2. The molecule has 36 heavy (non-hydrogen) atoms. The Morgan fingerprint density at radius 3 is 2.39 bits per heavy atom. The molecular weight excluding hydrogens is 460 g/mol. The van der Waals surface area contributed by atoms with E-state index in [-0.39, 0.29) is 24.8 Å². The molecule has 4 amide bonds. The van der Waals surface area contributed by atoms with Gasteiger partial charge in [-0.15, -0.1) is 0 Å². The van der Waals surface area contributed by atoms with Crippen molar-refractivity contribution in [2.75, 3.05) is 6.54 Å². The molecule has 0 aliphatic heterocycles. The standard InChI is InChI=1S/C27H42N4O5/c1-7-8-15-29-24(33)23(20-16-17(2)9-10-18(20)3)31(19-11-12-19)25(34)21(13-14-22(28)32)30-26(35)36-27(4,5)6/h9-10,16,19,21,23H,7-8,11-15H2,1-6H3,(H2,28,32)(H,29,33)(H,30,35). The lowest BCUT2D eigenvalue weighted by Gasteiger charge is -2.35. The Hall–Kier alpha value is -3.10. The molecule has 1 aliphatic carbocycles. The molecular formula is C27H42N4O5. The van der Waals surface area contributed by atoms with E-state index in [4.69, 9.17) is 10.5 Å². The highest BCUT2D eigenvalue weighted by Gasteiger charge is 2.44. The van der Waals surface area contributed by atoms with Gasteiger partial charge in [0.15, 0.2) is 0 Å². The summed E-state index contributed by atoms with van der Waals surface area (Å²) in [6.45, 7) is 11.6. The second-order valence-electron chi connectivity index (χ2n) is 10.6. The van der Waals surface area contributed by atoms with Gasteiger partial charge in [0.2, 0.25) is 17.7 Å². The van der Waals surface area contributed by atoms with Gasteiger partial charge in [0.25, 0.3) is 0 Å². The predicted molar refractivity (Wildman–Crippen MR) is 138 cm³/mol. The molecule has 1 aliphatic rings. The second kappa shape index (κ2) is 12.7. The van der Waals surface area contributed by atoms with E-state index in [1.165, 1.54) is 0 Å². The summed E-state index contributed by atoms with van der Waals surface area (Å²) < 4.78 is 5.36. The molecule has 9 nitrogen and oxygen atoms in total. The third kappa shape index (κ3) is 8.84. The van der Waals surface area contributed by atoms with Crippen molar-refractivity contribution in [3.05, 3.63) is 34.9 Å². The number of primary amides is 1. The highest BCUT2D eigenvalue weighted by atomic mass is 16.6. The average molecular weight is 503 g/mol. The van der Waals surface area contributed by atoms with Gasteiger partial charge >= 0.3 is 6.09 Å². The number of amides is 4. The molecule has 0 spiro atoms. The van der Waals surface area contributed by atoms with Gasteiger partial charge in [-0.3, -0.25) is 14.4 Å². The first kappa shape index (κ1) is 29.1. The molecule has 1 aromatic rings. The maximum Gasteiger partial charge on any atom is 0.408 e. The molecule has 2 rings (SSSR count). The lowest BCUT2D eigenvalue weighted by molar-refractivity contribution is -0.143. The quantitative estimate of drug-likeness (QED) is 0.377. The van der Waals surface area contributed by atoms with Gasteiger partial charge < -0.3 is 26.0 Å². The number of nitrogens with zero attached hydrogens (tertiary/aromatic N) is 1. The summed E-state index contributed by atoms with van der Waals surface area (Å²) in [6, 6.07) is 3.77. The summed E-state index contributed by atoms with van der Waals surface area (Å²) in [5.74, 6) is -1.27. The number of aryl methyl sites for hydroxylation is 2. The molecule has 9 heteroatoms. The van der Waals surface area contributed by atoms with Crippen LogP contribution < -0.4 is 16.4 Å². The van der Waals surface area contributed by atoms with E-state index in [2.05, 4.69) is 10.6 Å². The summed E-state index contributed by atoms with van der Waals surface area (Å²) in [6.07, 6.45) is 2.40. The first-order valence-corrected chi connectivity index (χ1v) is 12.8. The Bertz CT molecular complexity index is 952. The lowest BCUT2D eigenvalue weighted by Crippen LogP contribution is -2.54. The van der Waals surface area contributed by atoms with Crippen molar-refractivity contribution >= 4 is 23.8 Å². The fraction of sp³-hybridized carbons (Fsp3) is 0.630. The summed E-state index contributed by atoms with van der Waals surface area (Å²) in [5.41, 5.74) is 7.20. The topological polar surface area (TPSA) is 131 Å². The zero-order valence-electron chi connectivity index (χ0n) is 22.5. The normalized spacial score (nSPS) is 14.9. The minimum Gasteiger partial charge on any atom is -0.444 e. The summed E-state index contributed by atoms with van der Waals surface area (Å²) >= 11 is 0. The molecule has 0 radical (unpaired) electrons. The minimum atomic E-state index is -1.07. The van der Waals surface area contributed by atoms with Crippen molar-refractivity contribution in [2.45, 2.75) is 104 Å². The van der Waals surface area contributed by atoms with Crippen LogP contribution >= 0.6 is 0 Å². The summed E-state index contributed by atoms with van der Waals surface area (Å²) in [7, 11) is 0. The summed E-state index contributed by atoms with van der Waals surface area (Å²) in [4.78, 5) is 53.3. The molecule has 1 fully saturated rings. The van der Waals surface area contributed by atoms with Crippen molar-refractivity contribution in [1.82, 2.24) is 15.5 Å². The maximum atomic E-state index is 14.0. The molecule has 1 aromatic carbocycles. The van der Waals surface area contributed by atoms with Gasteiger partial charge in [-0.25, -0.2) is 4.79 Å². The number of carbonyl (C=O) groups excluding carboxylic acids is 4. The number of hydrogen-bond acceptors (Lipinski definition) is 5. The van der Waals surface area contributed by atoms with E-state index in [1.807, 2.05) is 39.0 Å². The third-order valence-electron chi connectivity index (χ3n) is 5.95. The van der Waals surface area contributed by atoms with Crippen molar-refractivity contribution in [2.24, 2.45) is 5.73 Å². The molecule has 0 heterocycles. The van der Waals surface area contributed by atoms with Crippen molar-refractivity contribution in [3.63, 3.8) is 0 Å².